The molecule has 22 heavy (non-hydrogen) atoms. The summed E-state index contributed by atoms with van der Waals surface area (Å²) in [4.78, 5) is 23.1. The standard InChI is InChI=1S/C17H23NO4/c1-13(14-5-3-2-4-6-14)7-8-15(19)18-17(11-16(20)21)9-10-22-12-17/h2-6,13H,7-12H2,1H3,(H,18,19)(H,20,21). The van der Waals surface area contributed by atoms with Crippen molar-refractivity contribution in [3.05, 3.63) is 35.9 Å². The van der Waals surface area contributed by atoms with Crippen LogP contribution in [0.3, 0.4) is 0 Å². The number of nitrogens with one attached hydrogen (secondary N) is 1. The Morgan fingerprint density at radius 2 is 2.09 bits per heavy atom. The molecule has 2 rings (SSSR count). The van der Waals surface area contributed by atoms with E-state index in [-0.39, 0.29) is 18.9 Å². The first-order valence-electron chi connectivity index (χ1n) is 7.66. The van der Waals surface area contributed by atoms with Crippen molar-refractivity contribution >= 4 is 11.9 Å². The highest BCUT2D eigenvalue weighted by molar-refractivity contribution is 5.78. The van der Waals surface area contributed by atoms with Gasteiger partial charge >= 0.3 is 5.97 Å². The van der Waals surface area contributed by atoms with E-state index in [1.165, 1.54) is 5.56 Å². The van der Waals surface area contributed by atoms with Crippen LogP contribution in [-0.2, 0) is 14.3 Å². The monoisotopic (exact) mass is 305 g/mol. The van der Waals surface area contributed by atoms with E-state index >= 15 is 0 Å². The van der Waals surface area contributed by atoms with Gasteiger partial charge in [-0.2, -0.15) is 0 Å². The van der Waals surface area contributed by atoms with Crippen LogP contribution < -0.4 is 5.32 Å². The Kier molecular flexibility index (Phi) is 5.55. The summed E-state index contributed by atoms with van der Waals surface area (Å²) in [5.41, 5.74) is 0.471. The average molecular weight is 305 g/mol. The molecule has 5 heteroatoms. The minimum atomic E-state index is -0.913. The van der Waals surface area contributed by atoms with E-state index in [1.54, 1.807) is 0 Å². The summed E-state index contributed by atoms with van der Waals surface area (Å²) in [5.74, 6) is -0.722. The third-order valence-electron chi connectivity index (χ3n) is 4.17. The second-order valence-corrected chi connectivity index (χ2v) is 6.05. The summed E-state index contributed by atoms with van der Waals surface area (Å²) in [6.45, 7) is 2.86. The summed E-state index contributed by atoms with van der Waals surface area (Å²) >= 11 is 0. The molecule has 1 aliphatic rings. The number of carbonyl (C=O) groups excluding carboxylic acids is 1. The zero-order chi connectivity index (χ0) is 16.0. The van der Waals surface area contributed by atoms with Gasteiger partial charge in [-0.15, -0.1) is 0 Å². The molecule has 1 aromatic rings. The smallest absolute Gasteiger partial charge is 0.305 e. The number of carboxylic acid groups (broad SMARTS) is 1. The molecule has 120 valence electrons. The quantitative estimate of drug-likeness (QED) is 0.810. The van der Waals surface area contributed by atoms with Gasteiger partial charge in [-0.3, -0.25) is 9.59 Å². The number of aliphatic carboxylic acids is 1. The number of amides is 1. The van der Waals surface area contributed by atoms with E-state index in [2.05, 4.69) is 24.4 Å². The number of hydrogen-bond acceptors (Lipinski definition) is 3. The molecule has 0 spiro atoms. The molecular formula is C17H23NO4. The molecule has 0 aromatic heterocycles. The molecule has 0 aliphatic carbocycles. The van der Waals surface area contributed by atoms with Gasteiger partial charge in [0.2, 0.25) is 5.91 Å². The van der Waals surface area contributed by atoms with E-state index in [9.17, 15) is 9.59 Å². The van der Waals surface area contributed by atoms with Gasteiger partial charge in [0.25, 0.3) is 0 Å². The second-order valence-electron chi connectivity index (χ2n) is 6.05. The highest BCUT2D eigenvalue weighted by Crippen LogP contribution is 2.24. The largest absolute Gasteiger partial charge is 0.481 e. The maximum atomic E-state index is 12.2. The van der Waals surface area contributed by atoms with Gasteiger partial charge in [0.05, 0.1) is 18.6 Å². The lowest BCUT2D eigenvalue weighted by Gasteiger charge is -2.27. The lowest BCUT2D eigenvalue weighted by Crippen LogP contribution is -2.50. The van der Waals surface area contributed by atoms with Gasteiger partial charge in [-0.25, -0.2) is 0 Å². The second kappa shape index (κ2) is 7.40. The van der Waals surface area contributed by atoms with E-state index in [0.717, 1.165) is 6.42 Å². The predicted molar refractivity (Wildman–Crippen MR) is 82.7 cm³/mol. The van der Waals surface area contributed by atoms with Crippen molar-refractivity contribution in [3.8, 4) is 0 Å². The van der Waals surface area contributed by atoms with Gasteiger partial charge in [-0.05, 0) is 24.3 Å². The maximum Gasteiger partial charge on any atom is 0.305 e. The van der Waals surface area contributed by atoms with E-state index in [0.29, 0.717) is 25.4 Å². The van der Waals surface area contributed by atoms with Crippen LogP contribution in [0.4, 0.5) is 0 Å². The molecule has 1 saturated heterocycles. The van der Waals surface area contributed by atoms with Crippen molar-refractivity contribution in [1.29, 1.82) is 0 Å². The zero-order valence-electron chi connectivity index (χ0n) is 12.9. The molecule has 5 nitrogen and oxygen atoms in total. The molecular weight excluding hydrogens is 282 g/mol. The van der Waals surface area contributed by atoms with Crippen LogP contribution in [-0.4, -0.2) is 35.7 Å². The SMILES string of the molecule is CC(CCC(=O)NC1(CC(=O)O)CCOC1)c1ccccc1. The van der Waals surface area contributed by atoms with Crippen LogP contribution in [0.5, 0.6) is 0 Å². The van der Waals surface area contributed by atoms with E-state index in [1.807, 2.05) is 18.2 Å². The summed E-state index contributed by atoms with van der Waals surface area (Å²) < 4.78 is 5.28. The Labute approximate surface area is 130 Å². The Morgan fingerprint density at radius 1 is 1.36 bits per heavy atom. The van der Waals surface area contributed by atoms with Crippen molar-refractivity contribution in [2.45, 2.75) is 44.1 Å². The van der Waals surface area contributed by atoms with E-state index in [4.69, 9.17) is 9.84 Å². The molecule has 2 atom stereocenters. The molecule has 0 radical (unpaired) electrons. The fourth-order valence-corrected chi connectivity index (χ4v) is 2.83. The molecule has 1 aliphatic heterocycles. The first-order chi connectivity index (χ1) is 10.5. The molecule has 2 unspecified atom stereocenters. The van der Waals surface area contributed by atoms with Crippen molar-refractivity contribution < 1.29 is 19.4 Å². The molecule has 0 saturated carbocycles. The molecule has 1 fully saturated rings. The van der Waals surface area contributed by atoms with Gasteiger partial charge in [0.15, 0.2) is 0 Å². The molecule has 1 amide bonds. The van der Waals surface area contributed by atoms with E-state index < -0.39 is 11.5 Å². The number of carboxylic acids is 1. The Bertz CT molecular complexity index is 509. The van der Waals surface area contributed by atoms with Crippen molar-refractivity contribution in [2.24, 2.45) is 0 Å². The Morgan fingerprint density at radius 3 is 2.68 bits per heavy atom. The highest BCUT2D eigenvalue weighted by atomic mass is 16.5. The number of ether oxygens (including phenoxy) is 1. The summed E-state index contributed by atoms with van der Waals surface area (Å²) in [6, 6.07) is 10.1. The highest BCUT2D eigenvalue weighted by Gasteiger charge is 2.38. The topological polar surface area (TPSA) is 75.6 Å². The fourth-order valence-electron chi connectivity index (χ4n) is 2.83. The minimum absolute atomic E-state index is 0.0903. The third kappa shape index (κ3) is 4.56. The lowest BCUT2D eigenvalue weighted by atomic mass is 9.92. The van der Waals surface area contributed by atoms with Crippen molar-refractivity contribution in [1.82, 2.24) is 5.32 Å². The van der Waals surface area contributed by atoms with Crippen LogP contribution in [0.2, 0.25) is 0 Å². The first-order valence-corrected chi connectivity index (χ1v) is 7.66. The maximum absolute atomic E-state index is 12.2. The average Bonchev–Trinajstić information content (AvgIpc) is 2.92. The molecule has 0 bridgehead atoms. The van der Waals surface area contributed by atoms with Crippen LogP contribution in [0.15, 0.2) is 30.3 Å². The molecule has 2 N–H and O–H groups in total. The first kappa shape index (κ1) is 16.5. The number of hydrogen-bond donors (Lipinski definition) is 2. The van der Waals surface area contributed by atoms with Gasteiger partial charge in [-0.1, -0.05) is 37.3 Å². The van der Waals surface area contributed by atoms with Gasteiger partial charge < -0.3 is 15.2 Å². The zero-order valence-corrected chi connectivity index (χ0v) is 12.9. The number of carbonyl (C=O) groups is 2. The third-order valence-corrected chi connectivity index (χ3v) is 4.17. The normalized spacial score (nSPS) is 22.2. The summed E-state index contributed by atoms with van der Waals surface area (Å²) in [7, 11) is 0. The number of rotatable bonds is 7. The summed E-state index contributed by atoms with van der Waals surface area (Å²) in [5, 5.41) is 11.9. The predicted octanol–water partition coefficient (Wildman–Crippen LogP) is 2.32. The molecule has 1 heterocycles. The minimum Gasteiger partial charge on any atom is -0.481 e. The van der Waals surface area contributed by atoms with Crippen molar-refractivity contribution in [3.63, 3.8) is 0 Å². The number of benzene rings is 1. The Hall–Kier alpha value is -1.88. The fraction of sp³-hybridized carbons (Fsp3) is 0.529. The van der Waals surface area contributed by atoms with Crippen LogP contribution in [0, 0.1) is 0 Å². The van der Waals surface area contributed by atoms with Crippen LogP contribution >= 0.6 is 0 Å². The molecule has 1 aromatic carbocycles. The van der Waals surface area contributed by atoms with Crippen LogP contribution in [0.1, 0.15) is 44.1 Å². The Balaban J connectivity index is 1.85. The van der Waals surface area contributed by atoms with Crippen LogP contribution in [0.25, 0.3) is 0 Å². The van der Waals surface area contributed by atoms with Crippen molar-refractivity contribution in [2.75, 3.05) is 13.2 Å². The van der Waals surface area contributed by atoms with Gasteiger partial charge in [0, 0.05) is 13.0 Å². The lowest BCUT2D eigenvalue weighted by molar-refractivity contribution is -0.139. The van der Waals surface area contributed by atoms with Gasteiger partial charge in [0.1, 0.15) is 0 Å². The summed E-state index contributed by atoms with van der Waals surface area (Å²) in [6.07, 6.45) is 1.59.